The lowest BCUT2D eigenvalue weighted by atomic mass is 10.2. The summed E-state index contributed by atoms with van der Waals surface area (Å²) in [6.07, 6.45) is 0.573. The number of benzene rings is 3. The number of nitrogens with zero attached hydrogens (tertiary/aromatic N) is 1. The van der Waals surface area contributed by atoms with Crippen molar-refractivity contribution in [2.75, 3.05) is 29.9 Å². The number of ether oxygens (including phenoxy) is 2. The van der Waals surface area contributed by atoms with Crippen molar-refractivity contribution in [3.8, 4) is 5.75 Å². The van der Waals surface area contributed by atoms with Crippen molar-refractivity contribution in [3.63, 3.8) is 0 Å². The average molecular weight is 519 g/mol. The molecule has 182 valence electrons. The van der Waals surface area contributed by atoms with Crippen molar-refractivity contribution < 1.29 is 31.9 Å². The largest absolute Gasteiger partial charge is 0.496 e. The van der Waals surface area contributed by atoms with Crippen LogP contribution in [0.5, 0.6) is 5.75 Å². The molecule has 8 nitrogen and oxygen atoms in total. The first-order valence-electron chi connectivity index (χ1n) is 10.4. The first-order chi connectivity index (χ1) is 16.7. The minimum absolute atomic E-state index is 0.0694. The van der Waals surface area contributed by atoms with Crippen molar-refractivity contribution in [1.29, 1.82) is 0 Å². The number of methoxy groups -OCH3 is 1. The molecule has 0 unspecified atom stereocenters. The Balaban J connectivity index is 1.51. The maximum absolute atomic E-state index is 13.9. The Bertz CT molecular complexity index is 1410. The number of esters is 1. The fourth-order valence-electron chi connectivity index (χ4n) is 3.68. The number of para-hydroxylation sites is 1. The van der Waals surface area contributed by atoms with E-state index in [0.717, 1.165) is 17.7 Å². The monoisotopic (exact) mass is 518 g/mol. The highest BCUT2D eigenvalue weighted by atomic mass is 35.5. The van der Waals surface area contributed by atoms with Crippen LogP contribution in [0.1, 0.15) is 15.9 Å². The Morgan fingerprint density at radius 1 is 1.11 bits per heavy atom. The van der Waals surface area contributed by atoms with Gasteiger partial charge in [-0.3, -0.25) is 9.10 Å². The van der Waals surface area contributed by atoms with Gasteiger partial charge in [-0.05, 0) is 54.4 Å². The number of nitrogens with one attached hydrogen (secondary N) is 1. The van der Waals surface area contributed by atoms with E-state index in [2.05, 4.69) is 5.32 Å². The van der Waals surface area contributed by atoms with Crippen LogP contribution in [-0.4, -0.2) is 40.6 Å². The molecule has 35 heavy (non-hydrogen) atoms. The summed E-state index contributed by atoms with van der Waals surface area (Å²) in [5.41, 5.74) is 1.18. The lowest BCUT2D eigenvalue weighted by Gasteiger charge is -2.20. The number of halogens is 2. The van der Waals surface area contributed by atoms with Crippen LogP contribution >= 0.6 is 11.6 Å². The molecule has 0 radical (unpaired) electrons. The van der Waals surface area contributed by atoms with E-state index in [1.165, 1.54) is 35.7 Å². The molecule has 0 fully saturated rings. The van der Waals surface area contributed by atoms with Gasteiger partial charge >= 0.3 is 5.97 Å². The molecule has 1 aliphatic rings. The zero-order valence-corrected chi connectivity index (χ0v) is 20.0. The van der Waals surface area contributed by atoms with Crippen LogP contribution in [0, 0.1) is 5.82 Å². The van der Waals surface area contributed by atoms with E-state index in [9.17, 15) is 22.4 Å². The quantitative estimate of drug-likeness (QED) is 0.474. The van der Waals surface area contributed by atoms with Gasteiger partial charge in [0.25, 0.3) is 15.9 Å². The molecule has 4 rings (SSSR count). The molecule has 0 atom stereocenters. The van der Waals surface area contributed by atoms with Gasteiger partial charge in [-0.15, -0.1) is 0 Å². The van der Waals surface area contributed by atoms with Crippen molar-refractivity contribution >= 4 is 44.9 Å². The molecule has 0 spiro atoms. The SMILES string of the molecule is COc1ccc(S(=O)(=O)N2CCc3ccccc32)cc1C(=O)OCC(=O)Nc1ccc(Cl)cc1F. The molecule has 1 amide bonds. The number of carbonyl (C=O) groups is 2. The van der Waals surface area contributed by atoms with E-state index in [1.54, 1.807) is 12.1 Å². The molecule has 11 heteroatoms. The zero-order chi connectivity index (χ0) is 25.2. The summed E-state index contributed by atoms with van der Waals surface area (Å²) in [4.78, 5) is 24.7. The maximum Gasteiger partial charge on any atom is 0.342 e. The van der Waals surface area contributed by atoms with Crippen molar-refractivity contribution in [3.05, 3.63) is 82.6 Å². The Labute approximate surface area is 206 Å². The summed E-state index contributed by atoms with van der Waals surface area (Å²) in [7, 11) is -2.66. The van der Waals surface area contributed by atoms with Gasteiger partial charge in [-0.1, -0.05) is 29.8 Å². The van der Waals surface area contributed by atoms with E-state index < -0.39 is 34.3 Å². The van der Waals surface area contributed by atoms with Crippen LogP contribution in [0.25, 0.3) is 0 Å². The molecule has 0 bridgehead atoms. The number of amides is 1. The molecule has 1 N–H and O–H groups in total. The fraction of sp³-hybridized carbons (Fsp3) is 0.167. The number of carbonyl (C=O) groups excluding carboxylic acids is 2. The van der Waals surface area contributed by atoms with Gasteiger partial charge in [0.05, 0.1) is 23.4 Å². The van der Waals surface area contributed by atoms with E-state index in [-0.39, 0.29) is 33.5 Å². The number of fused-ring (bicyclic) bond motifs is 1. The summed E-state index contributed by atoms with van der Waals surface area (Å²) in [5.74, 6) is -2.45. The van der Waals surface area contributed by atoms with Gasteiger partial charge in [0, 0.05) is 11.6 Å². The van der Waals surface area contributed by atoms with Gasteiger partial charge in [0.15, 0.2) is 6.61 Å². The molecule has 3 aromatic carbocycles. The van der Waals surface area contributed by atoms with Gasteiger partial charge in [0.1, 0.15) is 17.1 Å². The second-order valence-electron chi connectivity index (χ2n) is 7.57. The second-order valence-corrected chi connectivity index (χ2v) is 9.87. The third kappa shape index (κ3) is 5.08. The van der Waals surface area contributed by atoms with Crippen LogP contribution < -0.4 is 14.4 Å². The van der Waals surface area contributed by atoms with Gasteiger partial charge < -0.3 is 14.8 Å². The highest BCUT2D eigenvalue weighted by Crippen LogP contribution is 2.34. The maximum atomic E-state index is 13.9. The Kier molecular flexibility index (Phi) is 6.95. The third-order valence-corrected chi connectivity index (χ3v) is 7.41. The molecule has 0 saturated carbocycles. The van der Waals surface area contributed by atoms with Crippen LogP contribution in [0.3, 0.4) is 0 Å². The number of anilines is 2. The molecule has 0 aliphatic carbocycles. The van der Waals surface area contributed by atoms with E-state index >= 15 is 0 Å². The average Bonchev–Trinajstić information content (AvgIpc) is 3.29. The molecule has 0 saturated heterocycles. The summed E-state index contributed by atoms with van der Waals surface area (Å²) in [6, 6.07) is 14.7. The van der Waals surface area contributed by atoms with Gasteiger partial charge in [-0.25, -0.2) is 17.6 Å². The summed E-state index contributed by atoms with van der Waals surface area (Å²) < 4.78 is 52.0. The summed E-state index contributed by atoms with van der Waals surface area (Å²) in [6.45, 7) is -0.463. The number of hydrogen-bond donors (Lipinski definition) is 1. The van der Waals surface area contributed by atoms with Crippen molar-refractivity contribution in [2.24, 2.45) is 0 Å². The first kappa shape index (κ1) is 24.5. The normalized spacial score (nSPS) is 12.7. The van der Waals surface area contributed by atoms with Crippen molar-refractivity contribution in [1.82, 2.24) is 0 Å². The van der Waals surface area contributed by atoms with Gasteiger partial charge in [-0.2, -0.15) is 0 Å². The van der Waals surface area contributed by atoms with Crippen LogP contribution in [0.15, 0.2) is 65.6 Å². The first-order valence-corrected chi connectivity index (χ1v) is 12.2. The van der Waals surface area contributed by atoms with Crippen LogP contribution in [0.2, 0.25) is 5.02 Å². The number of sulfonamides is 1. The lowest BCUT2D eigenvalue weighted by Crippen LogP contribution is -2.29. The Morgan fingerprint density at radius 2 is 1.89 bits per heavy atom. The number of hydrogen-bond acceptors (Lipinski definition) is 6. The molecule has 0 aromatic heterocycles. The Hall–Kier alpha value is -3.63. The molecule has 1 heterocycles. The topological polar surface area (TPSA) is 102 Å². The smallest absolute Gasteiger partial charge is 0.342 e. The van der Waals surface area contributed by atoms with Crippen LogP contribution in [-0.2, 0) is 26.0 Å². The molecular weight excluding hydrogens is 499 g/mol. The van der Waals surface area contributed by atoms with E-state index in [4.69, 9.17) is 21.1 Å². The van der Waals surface area contributed by atoms with Gasteiger partial charge in [0.2, 0.25) is 0 Å². The third-order valence-electron chi connectivity index (χ3n) is 5.36. The highest BCUT2D eigenvalue weighted by molar-refractivity contribution is 7.92. The highest BCUT2D eigenvalue weighted by Gasteiger charge is 2.32. The molecular formula is C24H20ClFN2O6S. The molecule has 3 aromatic rings. The van der Waals surface area contributed by atoms with E-state index in [1.807, 2.05) is 12.1 Å². The fourth-order valence-corrected chi connectivity index (χ4v) is 5.37. The second kappa shape index (κ2) is 9.93. The van der Waals surface area contributed by atoms with Crippen LogP contribution in [0.4, 0.5) is 15.8 Å². The Morgan fingerprint density at radius 3 is 2.63 bits per heavy atom. The van der Waals surface area contributed by atoms with E-state index in [0.29, 0.717) is 12.1 Å². The summed E-state index contributed by atoms with van der Waals surface area (Å²) >= 11 is 5.68. The minimum atomic E-state index is -3.98. The zero-order valence-electron chi connectivity index (χ0n) is 18.5. The lowest BCUT2D eigenvalue weighted by molar-refractivity contribution is -0.119. The van der Waals surface area contributed by atoms with Crippen molar-refractivity contribution in [2.45, 2.75) is 11.3 Å². The predicted molar refractivity (Wildman–Crippen MR) is 128 cm³/mol. The standard InChI is InChI=1S/C24H20ClFN2O6S/c1-33-22-9-7-17(35(31,32)28-11-10-15-4-2-3-5-21(15)28)13-18(22)24(30)34-14-23(29)27-20-8-6-16(25)12-19(20)26/h2-9,12-13H,10-11,14H2,1H3,(H,27,29). The minimum Gasteiger partial charge on any atom is -0.496 e. The predicted octanol–water partition coefficient (Wildman–Crippen LogP) is 4.03. The molecule has 1 aliphatic heterocycles. The number of rotatable bonds is 7. The summed E-state index contributed by atoms with van der Waals surface area (Å²) in [5, 5.41) is 2.43.